The third-order valence-electron chi connectivity index (χ3n) is 4.77. The zero-order valence-corrected chi connectivity index (χ0v) is 18.3. The maximum absolute atomic E-state index is 12.8. The molecule has 0 bridgehead atoms. The van der Waals surface area contributed by atoms with Gasteiger partial charge in [-0.15, -0.1) is 0 Å². The number of aryl methyl sites for hydroxylation is 1. The summed E-state index contributed by atoms with van der Waals surface area (Å²) in [5.74, 6) is 1.10. The molecule has 8 nitrogen and oxygen atoms in total. The Morgan fingerprint density at radius 1 is 1.19 bits per heavy atom. The van der Waals surface area contributed by atoms with Gasteiger partial charge >= 0.3 is 5.97 Å². The highest BCUT2D eigenvalue weighted by atomic mass is 32.1. The average Bonchev–Trinajstić information content (AvgIpc) is 3.31. The first-order valence-electron chi connectivity index (χ1n) is 9.78. The van der Waals surface area contributed by atoms with Crippen LogP contribution in [0.1, 0.15) is 18.1 Å². The Hall–Kier alpha value is -3.33. The first-order valence-corrected chi connectivity index (χ1v) is 10.6. The maximum Gasteiger partial charge on any atom is 0.326 e. The summed E-state index contributed by atoms with van der Waals surface area (Å²) in [6.45, 7) is 4.06. The van der Waals surface area contributed by atoms with Gasteiger partial charge in [-0.2, -0.15) is 4.99 Å². The standard InChI is InChI=1S/C22H22N2O6S/c1-4-28-21(26)11-24-15-9-17-18(30-12-29-17)10-19(15)31-22(24)23-20(25)8-14-7-13(2)5-6-16(14)27-3/h5-7,9-10H,4,8,11-12H2,1-3H3. The zero-order valence-electron chi connectivity index (χ0n) is 17.5. The molecule has 2 heterocycles. The molecule has 0 atom stereocenters. The van der Waals surface area contributed by atoms with Crippen molar-refractivity contribution in [1.29, 1.82) is 0 Å². The molecule has 4 rings (SSSR count). The molecule has 0 fully saturated rings. The Bertz CT molecular complexity index is 1230. The first kappa shape index (κ1) is 20.9. The van der Waals surface area contributed by atoms with Crippen LogP contribution in [0.15, 0.2) is 35.3 Å². The van der Waals surface area contributed by atoms with E-state index in [1.807, 2.05) is 31.2 Å². The van der Waals surface area contributed by atoms with Crippen molar-refractivity contribution in [1.82, 2.24) is 4.57 Å². The molecule has 0 saturated carbocycles. The second kappa shape index (κ2) is 8.81. The molecule has 0 spiro atoms. The van der Waals surface area contributed by atoms with E-state index in [0.29, 0.717) is 22.0 Å². The molecule has 0 unspecified atom stereocenters. The Kier molecular flexibility index (Phi) is 5.94. The van der Waals surface area contributed by atoms with E-state index in [0.717, 1.165) is 21.3 Å². The van der Waals surface area contributed by atoms with Gasteiger partial charge < -0.3 is 23.5 Å². The Labute approximate surface area is 182 Å². The van der Waals surface area contributed by atoms with Crippen molar-refractivity contribution in [3.05, 3.63) is 46.3 Å². The number of thiazole rings is 1. The van der Waals surface area contributed by atoms with Gasteiger partial charge in [0.05, 0.1) is 30.4 Å². The molecule has 9 heteroatoms. The van der Waals surface area contributed by atoms with Crippen molar-refractivity contribution in [2.75, 3.05) is 20.5 Å². The minimum Gasteiger partial charge on any atom is -0.496 e. The minimum atomic E-state index is -0.408. The summed E-state index contributed by atoms with van der Waals surface area (Å²) < 4.78 is 23.9. The summed E-state index contributed by atoms with van der Waals surface area (Å²) in [5.41, 5.74) is 2.51. The van der Waals surface area contributed by atoms with E-state index >= 15 is 0 Å². The number of ether oxygens (including phenoxy) is 4. The monoisotopic (exact) mass is 442 g/mol. The van der Waals surface area contributed by atoms with Gasteiger partial charge in [-0.1, -0.05) is 29.0 Å². The highest BCUT2D eigenvalue weighted by molar-refractivity contribution is 7.16. The molecule has 1 aliphatic rings. The number of hydrogen-bond acceptors (Lipinski definition) is 7. The lowest BCUT2D eigenvalue weighted by Crippen LogP contribution is -2.23. The quantitative estimate of drug-likeness (QED) is 0.546. The van der Waals surface area contributed by atoms with Crippen molar-refractivity contribution >= 4 is 33.4 Å². The number of aromatic nitrogens is 1. The van der Waals surface area contributed by atoms with Crippen molar-refractivity contribution < 1.29 is 28.5 Å². The fourth-order valence-corrected chi connectivity index (χ4v) is 4.45. The van der Waals surface area contributed by atoms with E-state index < -0.39 is 5.97 Å². The van der Waals surface area contributed by atoms with Crippen molar-refractivity contribution in [3.63, 3.8) is 0 Å². The minimum absolute atomic E-state index is 0.0621. The Morgan fingerprint density at radius 3 is 2.71 bits per heavy atom. The molecule has 3 aromatic rings. The van der Waals surface area contributed by atoms with Crippen LogP contribution in [0.3, 0.4) is 0 Å². The third kappa shape index (κ3) is 4.41. The fourth-order valence-electron chi connectivity index (χ4n) is 3.39. The SMILES string of the molecule is CCOC(=O)Cn1c(=NC(=O)Cc2cc(C)ccc2OC)sc2cc3c(cc21)OCO3. The molecule has 1 aliphatic heterocycles. The van der Waals surface area contributed by atoms with E-state index in [1.54, 1.807) is 24.7 Å². The smallest absolute Gasteiger partial charge is 0.326 e. The normalized spacial score (nSPS) is 12.9. The number of amides is 1. The van der Waals surface area contributed by atoms with Crippen LogP contribution in [-0.4, -0.2) is 37.0 Å². The van der Waals surface area contributed by atoms with Crippen molar-refractivity contribution in [2.24, 2.45) is 4.99 Å². The highest BCUT2D eigenvalue weighted by Gasteiger charge is 2.19. The Balaban J connectivity index is 1.74. The number of fused-ring (bicyclic) bond motifs is 2. The van der Waals surface area contributed by atoms with Gasteiger partial charge in [0.15, 0.2) is 16.3 Å². The van der Waals surface area contributed by atoms with Crippen LogP contribution in [0.25, 0.3) is 10.2 Å². The lowest BCUT2D eigenvalue weighted by atomic mass is 10.1. The van der Waals surface area contributed by atoms with Crippen LogP contribution >= 0.6 is 11.3 Å². The molecule has 1 aromatic heterocycles. The lowest BCUT2D eigenvalue weighted by molar-refractivity contribution is -0.143. The van der Waals surface area contributed by atoms with E-state index in [-0.39, 0.29) is 32.3 Å². The van der Waals surface area contributed by atoms with Crippen LogP contribution in [0.2, 0.25) is 0 Å². The van der Waals surface area contributed by atoms with Gasteiger partial charge in [0.1, 0.15) is 12.3 Å². The van der Waals surface area contributed by atoms with E-state index in [4.69, 9.17) is 18.9 Å². The fraction of sp³-hybridized carbons (Fsp3) is 0.318. The number of carbonyl (C=O) groups is 2. The first-order chi connectivity index (χ1) is 15.0. The van der Waals surface area contributed by atoms with Crippen LogP contribution in [0.5, 0.6) is 17.2 Å². The van der Waals surface area contributed by atoms with Gasteiger partial charge in [-0.25, -0.2) is 0 Å². The van der Waals surface area contributed by atoms with Gasteiger partial charge in [-0.05, 0) is 19.9 Å². The molecule has 1 amide bonds. The average molecular weight is 442 g/mol. The summed E-state index contributed by atoms with van der Waals surface area (Å²) in [4.78, 5) is 29.7. The van der Waals surface area contributed by atoms with E-state index in [1.165, 1.54) is 11.3 Å². The van der Waals surface area contributed by atoms with Crippen LogP contribution < -0.4 is 19.0 Å². The summed E-state index contributed by atoms with van der Waals surface area (Å²) in [6.07, 6.45) is 0.0846. The van der Waals surface area contributed by atoms with Gasteiger partial charge in [0.25, 0.3) is 5.91 Å². The summed E-state index contributed by atoms with van der Waals surface area (Å²) in [6, 6.07) is 9.28. The van der Waals surface area contributed by atoms with Gasteiger partial charge in [-0.3, -0.25) is 9.59 Å². The highest BCUT2D eigenvalue weighted by Crippen LogP contribution is 2.37. The number of nitrogens with zero attached hydrogens (tertiary/aromatic N) is 2. The molecule has 0 radical (unpaired) electrons. The summed E-state index contributed by atoms with van der Waals surface area (Å²) in [7, 11) is 1.57. The van der Waals surface area contributed by atoms with Gasteiger partial charge in [0.2, 0.25) is 6.79 Å². The van der Waals surface area contributed by atoms with Gasteiger partial charge in [0, 0.05) is 17.7 Å². The van der Waals surface area contributed by atoms with Crippen molar-refractivity contribution in [2.45, 2.75) is 26.8 Å². The van der Waals surface area contributed by atoms with E-state index in [2.05, 4.69) is 4.99 Å². The molecule has 2 aromatic carbocycles. The zero-order chi connectivity index (χ0) is 22.0. The van der Waals surface area contributed by atoms with Crippen LogP contribution in [0, 0.1) is 6.92 Å². The third-order valence-corrected chi connectivity index (χ3v) is 5.81. The molecule has 0 aliphatic carbocycles. The van der Waals surface area contributed by atoms with Crippen LogP contribution in [-0.2, 0) is 27.3 Å². The number of rotatable bonds is 6. The van der Waals surface area contributed by atoms with Crippen LogP contribution in [0.4, 0.5) is 0 Å². The number of esters is 1. The molecule has 0 N–H and O–H groups in total. The topological polar surface area (TPSA) is 88.4 Å². The number of methoxy groups -OCH3 is 1. The van der Waals surface area contributed by atoms with E-state index in [9.17, 15) is 9.59 Å². The second-order valence-corrected chi connectivity index (χ2v) is 7.96. The predicted molar refractivity (Wildman–Crippen MR) is 115 cm³/mol. The van der Waals surface area contributed by atoms with Crippen molar-refractivity contribution in [3.8, 4) is 17.2 Å². The summed E-state index contributed by atoms with van der Waals surface area (Å²) in [5, 5.41) is 0. The Morgan fingerprint density at radius 2 is 1.97 bits per heavy atom. The summed E-state index contributed by atoms with van der Waals surface area (Å²) >= 11 is 1.30. The number of hydrogen-bond donors (Lipinski definition) is 0. The maximum atomic E-state index is 12.8. The molecule has 0 saturated heterocycles. The number of carbonyl (C=O) groups excluding carboxylic acids is 2. The lowest BCUT2D eigenvalue weighted by Gasteiger charge is -2.08. The largest absolute Gasteiger partial charge is 0.496 e. The molecule has 162 valence electrons. The number of benzene rings is 2. The molecular weight excluding hydrogens is 420 g/mol. The molecular formula is C22H22N2O6S. The molecule has 31 heavy (non-hydrogen) atoms. The predicted octanol–water partition coefficient (Wildman–Crippen LogP) is 2.98. The second-order valence-electron chi connectivity index (χ2n) is 6.95.